The molecule has 3 nitrogen and oxygen atoms in total. The minimum absolute atomic E-state index is 0.174. The molecule has 25 heavy (non-hydrogen) atoms. The van der Waals surface area contributed by atoms with Crippen molar-refractivity contribution >= 4 is 23.2 Å². The Morgan fingerprint density at radius 2 is 1.76 bits per heavy atom. The topological polar surface area (TPSA) is 38.3 Å². The lowest BCUT2D eigenvalue weighted by Crippen LogP contribution is -2.30. The number of carbonyl (C=O) groups excluding carboxylic acids is 1. The summed E-state index contributed by atoms with van der Waals surface area (Å²) in [4.78, 5) is 12.3. The van der Waals surface area contributed by atoms with Gasteiger partial charge in [-0.15, -0.1) is 0 Å². The smallest absolute Gasteiger partial charge is 0.265 e. The van der Waals surface area contributed by atoms with Crippen molar-refractivity contribution in [2.45, 2.75) is 53.1 Å². The number of aryl methyl sites for hydroxylation is 3. The monoisotopic (exact) mass is 359 g/mol. The first-order valence-corrected chi connectivity index (χ1v) is 9.11. The van der Waals surface area contributed by atoms with E-state index in [-0.39, 0.29) is 5.91 Å². The van der Waals surface area contributed by atoms with E-state index in [9.17, 15) is 4.79 Å². The van der Waals surface area contributed by atoms with Crippen LogP contribution in [0.1, 0.15) is 43.4 Å². The molecule has 0 bridgehead atoms. The summed E-state index contributed by atoms with van der Waals surface area (Å²) in [7, 11) is 0. The normalized spacial score (nSPS) is 11.9. The average Bonchev–Trinajstić information content (AvgIpc) is 2.59. The van der Waals surface area contributed by atoms with Crippen LogP contribution < -0.4 is 10.1 Å². The minimum atomic E-state index is -0.597. The van der Waals surface area contributed by atoms with Crippen LogP contribution in [0.5, 0.6) is 5.75 Å². The Bertz CT molecular complexity index is 702. The highest BCUT2D eigenvalue weighted by Crippen LogP contribution is 2.26. The Balaban J connectivity index is 1.96. The lowest BCUT2D eigenvalue weighted by atomic mass is 10.1. The van der Waals surface area contributed by atoms with Gasteiger partial charge in [0.1, 0.15) is 5.75 Å². The van der Waals surface area contributed by atoms with Crippen LogP contribution in [-0.4, -0.2) is 12.0 Å². The first-order chi connectivity index (χ1) is 11.9. The minimum Gasteiger partial charge on any atom is -0.481 e. The average molecular weight is 360 g/mol. The Hall–Kier alpha value is -2.00. The number of unbranched alkanes of at least 4 members (excludes halogenated alkanes) is 1. The van der Waals surface area contributed by atoms with E-state index in [1.165, 1.54) is 18.4 Å². The van der Waals surface area contributed by atoms with Gasteiger partial charge in [0.05, 0.1) is 0 Å². The highest BCUT2D eigenvalue weighted by atomic mass is 35.5. The number of halogens is 1. The molecule has 0 aliphatic carbocycles. The van der Waals surface area contributed by atoms with E-state index in [4.69, 9.17) is 16.3 Å². The highest BCUT2D eigenvalue weighted by Gasteiger charge is 2.16. The summed E-state index contributed by atoms with van der Waals surface area (Å²) < 4.78 is 5.77. The number of benzene rings is 2. The highest BCUT2D eigenvalue weighted by molar-refractivity contribution is 6.32. The molecule has 2 rings (SSSR count). The fraction of sp³-hybridized carbons (Fsp3) is 0.381. The van der Waals surface area contributed by atoms with Crippen molar-refractivity contribution in [3.63, 3.8) is 0 Å². The van der Waals surface area contributed by atoms with Crippen LogP contribution in [0.25, 0.3) is 0 Å². The fourth-order valence-corrected chi connectivity index (χ4v) is 2.72. The number of carbonyl (C=O) groups is 1. The van der Waals surface area contributed by atoms with E-state index < -0.39 is 6.10 Å². The van der Waals surface area contributed by atoms with Crippen molar-refractivity contribution in [3.05, 3.63) is 58.1 Å². The Labute approximate surface area is 155 Å². The van der Waals surface area contributed by atoms with E-state index in [0.717, 1.165) is 28.3 Å². The molecule has 134 valence electrons. The lowest BCUT2D eigenvalue weighted by Gasteiger charge is -2.16. The second kappa shape index (κ2) is 8.91. The second-order valence-corrected chi connectivity index (χ2v) is 6.80. The summed E-state index contributed by atoms with van der Waals surface area (Å²) >= 11 is 6.17. The molecule has 2 aromatic rings. The first kappa shape index (κ1) is 19.3. The fourth-order valence-electron chi connectivity index (χ4n) is 2.61. The van der Waals surface area contributed by atoms with Gasteiger partial charge in [-0.3, -0.25) is 4.79 Å². The number of rotatable bonds is 7. The van der Waals surface area contributed by atoms with Gasteiger partial charge in [0.25, 0.3) is 5.91 Å². The van der Waals surface area contributed by atoms with E-state index in [2.05, 4.69) is 24.4 Å². The van der Waals surface area contributed by atoms with Gasteiger partial charge in [-0.2, -0.15) is 0 Å². The maximum absolute atomic E-state index is 12.3. The molecule has 0 heterocycles. The molecule has 0 aliphatic rings. The second-order valence-electron chi connectivity index (χ2n) is 6.42. The molecule has 0 radical (unpaired) electrons. The zero-order valence-corrected chi connectivity index (χ0v) is 16.1. The Kier molecular flexibility index (Phi) is 6.89. The zero-order chi connectivity index (χ0) is 18.4. The predicted molar refractivity (Wildman–Crippen MR) is 105 cm³/mol. The maximum Gasteiger partial charge on any atom is 0.265 e. The van der Waals surface area contributed by atoms with Crippen LogP contribution in [0.3, 0.4) is 0 Å². The van der Waals surface area contributed by atoms with Crippen LogP contribution >= 0.6 is 11.6 Å². The molecule has 0 unspecified atom stereocenters. The summed E-state index contributed by atoms with van der Waals surface area (Å²) in [6.07, 6.45) is 2.83. The molecule has 0 saturated carbocycles. The van der Waals surface area contributed by atoms with E-state index in [1.807, 2.05) is 38.1 Å². The molecule has 4 heteroatoms. The summed E-state index contributed by atoms with van der Waals surface area (Å²) in [5.41, 5.74) is 3.94. The van der Waals surface area contributed by atoms with Crippen molar-refractivity contribution in [2.24, 2.45) is 0 Å². The number of hydrogen-bond acceptors (Lipinski definition) is 2. The number of ether oxygens (including phenoxy) is 1. The third-order valence-electron chi connectivity index (χ3n) is 4.13. The molecule has 0 aliphatic heterocycles. The van der Waals surface area contributed by atoms with Crippen LogP contribution in [0.2, 0.25) is 5.02 Å². The number of amides is 1. The van der Waals surface area contributed by atoms with Gasteiger partial charge in [0.15, 0.2) is 6.10 Å². The molecular weight excluding hydrogens is 334 g/mol. The van der Waals surface area contributed by atoms with Gasteiger partial charge in [-0.25, -0.2) is 0 Å². The van der Waals surface area contributed by atoms with Crippen molar-refractivity contribution < 1.29 is 9.53 Å². The number of nitrogens with one attached hydrogen (secondary N) is 1. The lowest BCUT2D eigenvalue weighted by molar-refractivity contribution is -0.122. The molecule has 1 N–H and O–H groups in total. The van der Waals surface area contributed by atoms with Crippen molar-refractivity contribution in [1.82, 2.24) is 0 Å². The van der Waals surface area contributed by atoms with Crippen LogP contribution in [0.4, 0.5) is 5.69 Å². The third kappa shape index (κ3) is 5.50. The number of anilines is 1. The van der Waals surface area contributed by atoms with Crippen LogP contribution in [0, 0.1) is 13.8 Å². The number of hydrogen-bond donors (Lipinski definition) is 1. The van der Waals surface area contributed by atoms with E-state index in [1.54, 1.807) is 6.92 Å². The largest absolute Gasteiger partial charge is 0.481 e. The summed E-state index contributed by atoms with van der Waals surface area (Å²) in [5.74, 6) is 0.475. The van der Waals surface area contributed by atoms with Gasteiger partial charge in [0.2, 0.25) is 0 Å². The molecule has 0 fully saturated rings. The van der Waals surface area contributed by atoms with Gasteiger partial charge < -0.3 is 10.1 Å². The van der Waals surface area contributed by atoms with Crippen molar-refractivity contribution in [1.29, 1.82) is 0 Å². The van der Waals surface area contributed by atoms with Gasteiger partial charge in [-0.05, 0) is 74.6 Å². The molecule has 1 amide bonds. The Morgan fingerprint density at radius 1 is 1.16 bits per heavy atom. The standard InChI is InChI=1S/C21H26ClNO2/c1-5-6-7-17-8-10-18(11-9-17)23-21(24)16(4)25-19-12-14(2)20(22)15(3)13-19/h8-13,16H,5-7H2,1-4H3,(H,23,24)/t16-/m0/s1. The van der Waals surface area contributed by atoms with Gasteiger partial charge >= 0.3 is 0 Å². The summed E-state index contributed by atoms with van der Waals surface area (Å²) in [6.45, 7) is 7.77. The summed E-state index contributed by atoms with van der Waals surface area (Å²) in [5, 5.41) is 3.63. The molecular formula is C21H26ClNO2. The Morgan fingerprint density at radius 3 is 2.32 bits per heavy atom. The van der Waals surface area contributed by atoms with Crippen molar-refractivity contribution in [2.75, 3.05) is 5.32 Å². The predicted octanol–water partition coefficient (Wildman–Crippen LogP) is 5.71. The zero-order valence-electron chi connectivity index (χ0n) is 15.4. The van der Waals surface area contributed by atoms with E-state index in [0.29, 0.717) is 5.75 Å². The quantitative estimate of drug-likeness (QED) is 0.688. The first-order valence-electron chi connectivity index (χ1n) is 8.74. The third-order valence-corrected chi connectivity index (χ3v) is 4.73. The molecule has 0 spiro atoms. The summed E-state index contributed by atoms with van der Waals surface area (Å²) in [6, 6.07) is 11.7. The van der Waals surface area contributed by atoms with E-state index >= 15 is 0 Å². The van der Waals surface area contributed by atoms with Gasteiger partial charge in [-0.1, -0.05) is 37.1 Å². The molecule has 1 atom stereocenters. The van der Waals surface area contributed by atoms with Gasteiger partial charge in [0, 0.05) is 10.7 Å². The SMILES string of the molecule is CCCCc1ccc(NC(=O)[C@H](C)Oc2cc(C)c(Cl)c(C)c2)cc1. The molecule has 0 aromatic heterocycles. The van der Waals surface area contributed by atoms with Crippen LogP contribution in [0.15, 0.2) is 36.4 Å². The van der Waals surface area contributed by atoms with Crippen molar-refractivity contribution in [3.8, 4) is 5.75 Å². The maximum atomic E-state index is 12.3. The molecule has 2 aromatic carbocycles. The molecule has 0 saturated heterocycles. The van der Waals surface area contributed by atoms with Crippen LogP contribution in [-0.2, 0) is 11.2 Å².